The molecule has 0 aromatic heterocycles. The van der Waals surface area contributed by atoms with E-state index in [1.165, 1.54) is 7.11 Å². The first-order valence-electron chi connectivity index (χ1n) is 7.14. The normalized spacial score (nSPS) is 27.3. The minimum atomic E-state index is -0.366. The summed E-state index contributed by atoms with van der Waals surface area (Å²) in [4.78, 5) is 14.4. The van der Waals surface area contributed by atoms with Crippen LogP contribution in [0.5, 0.6) is 0 Å². The van der Waals surface area contributed by atoms with Gasteiger partial charge in [0.05, 0.1) is 23.1 Å². The molecule has 1 aromatic rings. The second kappa shape index (κ2) is 5.23. The number of nitrogens with zero attached hydrogens (tertiary/aromatic N) is 2. The first kappa shape index (κ1) is 14.2. The van der Waals surface area contributed by atoms with E-state index in [1.807, 2.05) is 12.1 Å². The Balaban J connectivity index is 1.88. The maximum Gasteiger partial charge on any atom is 0.313 e. The molecule has 1 heterocycles. The van der Waals surface area contributed by atoms with E-state index in [4.69, 9.17) is 21.6 Å². The van der Waals surface area contributed by atoms with Crippen molar-refractivity contribution in [3.05, 3.63) is 28.8 Å². The van der Waals surface area contributed by atoms with E-state index in [9.17, 15) is 4.79 Å². The minimum absolute atomic E-state index is 0.0905. The molecule has 2 fully saturated rings. The van der Waals surface area contributed by atoms with Crippen LogP contribution in [0.25, 0.3) is 0 Å². The fourth-order valence-corrected chi connectivity index (χ4v) is 4.03. The lowest BCUT2D eigenvalue weighted by atomic mass is 9.81. The van der Waals surface area contributed by atoms with Crippen LogP contribution in [0.4, 0.5) is 5.69 Å². The summed E-state index contributed by atoms with van der Waals surface area (Å²) in [7, 11) is 1.47. The Morgan fingerprint density at radius 1 is 1.57 bits per heavy atom. The highest BCUT2D eigenvalue weighted by Gasteiger charge is 2.55. The molecule has 1 saturated carbocycles. The van der Waals surface area contributed by atoms with Gasteiger partial charge in [-0.2, -0.15) is 5.26 Å². The van der Waals surface area contributed by atoms with Gasteiger partial charge in [-0.05, 0) is 37.0 Å². The van der Waals surface area contributed by atoms with Crippen LogP contribution in [-0.4, -0.2) is 26.2 Å². The van der Waals surface area contributed by atoms with E-state index in [0.717, 1.165) is 31.5 Å². The summed E-state index contributed by atoms with van der Waals surface area (Å²) in [6.45, 7) is 1.52. The van der Waals surface area contributed by atoms with Gasteiger partial charge in [0.15, 0.2) is 0 Å². The van der Waals surface area contributed by atoms with Crippen molar-refractivity contribution in [2.45, 2.75) is 19.3 Å². The highest BCUT2D eigenvalue weighted by molar-refractivity contribution is 6.32. The Bertz CT molecular complexity index is 625. The number of carbonyl (C=O) groups excluding carboxylic acids is 1. The number of methoxy groups -OCH3 is 1. The van der Waals surface area contributed by atoms with Crippen molar-refractivity contribution in [1.82, 2.24) is 0 Å². The van der Waals surface area contributed by atoms with Crippen LogP contribution in [0.2, 0.25) is 5.02 Å². The predicted molar refractivity (Wildman–Crippen MR) is 80.2 cm³/mol. The average molecular weight is 305 g/mol. The Labute approximate surface area is 129 Å². The Morgan fingerprint density at radius 2 is 2.38 bits per heavy atom. The van der Waals surface area contributed by atoms with Gasteiger partial charge in [0.25, 0.3) is 0 Å². The zero-order chi connectivity index (χ0) is 15.0. The number of nitriles is 1. The molecule has 2 aliphatic rings. The van der Waals surface area contributed by atoms with Crippen LogP contribution in [0.15, 0.2) is 18.2 Å². The SMILES string of the molecule is COC(=O)C12CCCC1CN(c1ccc(C#N)c(Cl)c1)C2. The lowest BCUT2D eigenvalue weighted by Gasteiger charge is -2.26. The van der Waals surface area contributed by atoms with Crippen LogP contribution >= 0.6 is 11.6 Å². The van der Waals surface area contributed by atoms with Crippen molar-refractivity contribution < 1.29 is 9.53 Å². The lowest BCUT2D eigenvalue weighted by molar-refractivity contribution is -0.152. The molecule has 2 unspecified atom stereocenters. The summed E-state index contributed by atoms with van der Waals surface area (Å²) >= 11 is 6.11. The summed E-state index contributed by atoms with van der Waals surface area (Å²) < 4.78 is 5.05. The van der Waals surface area contributed by atoms with E-state index >= 15 is 0 Å². The van der Waals surface area contributed by atoms with E-state index in [1.54, 1.807) is 6.07 Å². The van der Waals surface area contributed by atoms with E-state index in [2.05, 4.69) is 11.0 Å². The highest BCUT2D eigenvalue weighted by Crippen LogP contribution is 2.50. The van der Waals surface area contributed by atoms with E-state index in [0.29, 0.717) is 23.0 Å². The Hall–Kier alpha value is -1.73. The first-order chi connectivity index (χ1) is 10.1. The maximum atomic E-state index is 12.2. The summed E-state index contributed by atoms with van der Waals surface area (Å²) in [6.07, 6.45) is 3.04. The van der Waals surface area contributed by atoms with E-state index < -0.39 is 0 Å². The van der Waals surface area contributed by atoms with Gasteiger partial charge in [0.2, 0.25) is 0 Å². The molecule has 1 saturated heterocycles. The largest absolute Gasteiger partial charge is 0.469 e. The third kappa shape index (κ3) is 2.16. The molecule has 1 aromatic carbocycles. The van der Waals surface area contributed by atoms with Crippen molar-refractivity contribution in [2.24, 2.45) is 11.3 Å². The zero-order valence-electron chi connectivity index (χ0n) is 11.9. The number of benzene rings is 1. The van der Waals surface area contributed by atoms with Crippen molar-refractivity contribution >= 4 is 23.3 Å². The fourth-order valence-electron chi connectivity index (χ4n) is 3.81. The lowest BCUT2D eigenvalue weighted by Crippen LogP contribution is -2.36. The van der Waals surface area contributed by atoms with Crippen molar-refractivity contribution in [3.8, 4) is 6.07 Å². The van der Waals surface area contributed by atoms with Gasteiger partial charge in [-0.3, -0.25) is 4.79 Å². The molecule has 1 aliphatic carbocycles. The summed E-state index contributed by atoms with van der Waals surface area (Å²) in [5, 5.41) is 9.40. The van der Waals surface area contributed by atoms with Crippen molar-refractivity contribution in [3.63, 3.8) is 0 Å². The number of anilines is 1. The number of halogens is 1. The zero-order valence-corrected chi connectivity index (χ0v) is 12.7. The molecule has 3 rings (SSSR count). The third-order valence-corrected chi connectivity index (χ3v) is 5.21. The third-order valence-electron chi connectivity index (χ3n) is 4.90. The van der Waals surface area contributed by atoms with Crippen molar-refractivity contribution in [2.75, 3.05) is 25.1 Å². The summed E-state index contributed by atoms with van der Waals surface area (Å²) in [5.41, 5.74) is 1.08. The predicted octanol–water partition coefficient (Wildman–Crippen LogP) is 2.99. The number of rotatable bonds is 2. The summed E-state index contributed by atoms with van der Waals surface area (Å²) in [5.74, 6) is 0.256. The van der Waals surface area contributed by atoms with Gasteiger partial charge in [-0.25, -0.2) is 0 Å². The van der Waals surface area contributed by atoms with Crippen LogP contribution < -0.4 is 4.90 Å². The van der Waals surface area contributed by atoms with Gasteiger partial charge in [0, 0.05) is 18.8 Å². The Kier molecular flexibility index (Phi) is 3.54. The number of ether oxygens (including phenoxy) is 1. The first-order valence-corrected chi connectivity index (χ1v) is 7.51. The molecule has 4 nitrogen and oxygen atoms in total. The highest BCUT2D eigenvalue weighted by atomic mass is 35.5. The monoisotopic (exact) mass is 304 g/mol. The van der Waals surface area contributed by atoms with Crippen LogP contribution in [0, 0.1) is 22.7 Å². The molecular formula is C16H17ClN2O2. The van der Waals surface area contributed by atoms with Gasteiger partial charge >= 0.3 is 5.97 Å². The number of hydrogen-bond donors (Lipinski definition) is 0. The second-order valence-corrected chi connectivity index (χ2v) is 6.30. The molecule has 21 heavy (non-hydrogen) atoms. The smallest absolute Gasteiger partial charge is 0.313 e. The van der Waals surface area contributed by atoms with Gasteiger partial charge in [-0.15, -0.1) is 0 Å². The maximum absolute atomic E-state index is 12.2. The standard InChI is InChI=1S/C16H17ClN2O2/c1-21-15(20)16-6-2-3-12(16)9-19(10-16)13-5-4-11(8-18)14(17)7-13/h4-5,7,12H,2-3,6,9-10H2,1H3. The number of fused-ring (bicyclic) bond motifs is 1. The topological polar surface area (TPSA) is 53.3 Å². The molecule has 2 atom stereocenters. The second-order valence-electron chi connectivity index (χ2n) is 5.89. The summed E-state index contributed by atoms with van der Waals surface area (Å²) in [6, 6.07) is 7.51. The van der Waals surface area contributed by atoms with E-state index in [-0.39, 0.29) is 11.4 Å². The molecule has 110 valence electrons. The molecule has 0 amide bonds. The molecule has 0 N–H and O–H groups in total. The Morgan fingerprint density at radius 3 is 3.05 bits per heavy atom. The van der Waals surface area contributed by atoms with Crippen LogP contribution in [-0.2, 0) is 9.53 Å². The minimum Gasteiger partial charge on any atom is -0.469 e. The number of hydrogen-bond acceptors (Lipinski definition) is 4. The van der Waals surface area contributed by atoms with Gasteiger partial charge < -0.3 is 9.64 Å². The number of esters is 1. The van der Waals surface area contributed by atoms with Crippen molar-refractivity contribution in [1.29, 1.82) is 5.26 Å². The van der Waals surface area contributed by atoms with Gasteiger partial charge in [-0.1, -0.05) is 18.0 Å². The number of carbonyl (C=O) groups is 1. The fraction of sp³-hybridized carbons (Fsp3) is 0.500. The molecule has 5 heteroatoms. The molecule has 0 spiro atoms. The molecule has 0 bridgehead atoms. The molecular weight excluding hydrogens is 288 g/mol. The average Bonchev–Trinajstić information content (AvgIpc) is 3.04. The van der Waals surface area contributed by atoms with Gasteiger partial charge in [0.1, 0.15) is 6.07 Å². The van der Waals surface area contributed by atoms with Crippen LogP contribution in [0.1, 0.15) is 24.8 Å². The quantitative estimate of drug-likeness (QED) is 0.788. The molecule has 1 aliphatic heterocycles. The molecule has 0 radical (unpaired) electrons. The van der Waals surface area contributed by atoms with Crippen LogP contribution in [0.3, 0.4) is 0 Å².